The largest absolute Gasteiger partial charge is 0.458 e. The van der Waals surface area contributed by atoms with Gasteiger partial charge in [-0.3, -0.25) is 4.98 Å². The van der Waals surface area contributed by atoms with E-state index >= 15 is 0 Å². The minimum Gasteiger partial charge on any atom is -0.458 e. The smallest absolute Gasteiger partial charge is 0.260 e. The summed E-state index contributed by atoms with van der Waals surface area (Å²) in [5.74, 6) is 3.50. The minimum absolute atomic E-state index is 0.0524. The fraction of sp³-hybridized carbons (Fsp3) is 0. The molecule has 3 nitrogen and oxygen atoms in total. The first-order valence-electron chi connectivity index (χ1n) is 13.1. The summed E-state index contributed by atoms with van der Waals surface area (Å²) in [7, 11) is 0. The number of rotatable bonds is 3. The van der Waals surface area contributed by atoms with Crippen molar-refractivity contribution in [3.05, 3.63) is 134 Å². The highest BCUT2D eigenvalue weighted by Gasteiger charge is 2.40. The lowest BCUT2D eigenvalue weighted by Gasteiger charge is -2.33. The quantitative estimate of drug-likeness (QED) is 0.250. The molecule has 5 aromatic carbocycles. The van der Waals surface area contributed by atoms with Crippen LogP contribution in [-0.4, -0.2) is 11.7 Å². The molecule has 0 fully saturated rings. The minimum atomic E-state index is 0.0524. The van der Waals surface area contributed by atoms with Crippen molar-refractivity contribution in [1.29, 1.82) is 0 Å². The SMILES string of the molecule is c1ccc(-c2ccc3c(c2)Oc2cccc4c2B3c2ccc(-c3ccc(-c5ccncc5)cc3)cc2O4)cc1. The van der Waals surface area contributed by atoms with Crippen molar-refractivity contribution in [1.82, 2.24) is 4.98 Å². The highest BCUT2D eigenvalue weighted by atomic mass is 16.5. The maximum Gasteiger partial charge on any atom is 0.260 e. The van der Waals surface area contributed by atoms with Crippen LogP contribution >= 0.6 is 0 Å². The van der Waals surface area contributed by atoms with Gasteiger partial charge in [0.25, 0.3) is 6.71 Å². The van der Waals surface area contributed by atoms with E-state index in [2.05, 4.69) is 89.9 Å². The summed E-state index contributed by atoms with van der Waals surface area (Å²) in [4.78, 5) is 4.13. The third kappa shape index (κ3) is 3.64. The Bertz CT molecular complexity index is 1850. The average Bonchev–Trinajstić information content (AvgIpc) is 3.01. The number of ether oxygens (including phenoxy) is 2. The molecule has 39 heavy (non-hydrogen) atoms. The lowest BCUT2D eigenvalue weighted by atomic mass is 9.35. The molecule has 0 radical (unpaired) electrons. The molecule has 0 saturated heterocycles. The van der Waals surface area contributed by atoms with E-state index in [0.717, 1.165) is 61.6 Å². The summed E-state index contributed by atoms with van der Waals surface area (Å²) in [6.07, 6.45) is 3.65. The van der Waals surface area contributed by atoms with Gasteiger partial charge in [0, 0.05) is 17.9 Å². The van der Waals surface area contributed by atoms with Crippen LogP contribution in [0.3, 0.4) is 0 Å². The fourth-order valence-electron chi connectivity index (χ4n) is 5.81. The lowest BCUT2D eigenvalue weighted by Crippen LogP contribution is -2.57. The fourth-order valence-corrected chi connectivity index (χ4v) is 5.81. The van der Waals surface area contributed by atoms with E-state index in [1.54, 1.807) is 0 Å². The second-order valence-corrected chi connectivity index (χ2v) is 9.99. The Balaban J connectivity index is 1.21. The van der Waals surface area contributed by atoms with Crippen molar-refractivity contribution < 1.29 is 9.47 Å². The van der Waals surface area contributed by atoms with Gasteiger partial charge in [-0.25, -0.2) is 0 Å². The predicted octanol–water partition coefficient (Wildman–Crippen LogP) is 6.81. The van der Waals surface area contributed by atoms with Gasteiger partial charge < -0.3 is 9.47 Å². The van der Waals surface area contributed by atoms with Crippen molar-refractivity contribution in [2.45, 2.75) is 0 Å². The zero-order valence-electron chi connectivity index (χ0n) is 21.0. The van der Waals surface area contributed by atoms with Gasteiger partial charge in [-0.1, -0.05) is 84.9 Å². The maximum absolute atomic E-state index is 6.50. The molecule has 3 heterocycles. The molecule has 1 aromatic heterocycles. The number of pyridine rings is 1. The second-order valence-electron chi connectivity index (χ2n) is 9.99. The van der Waals surface area contributed by atoms with E-state index in [0.29, 0.717) is 0 Å². The molecule has 0 spiro atoms. The van der Waals surface area contributed by atoms with Gasteiger partial charge in [-0.15, -0.1) is 0 Å². The van der Waals surface area contributed by atoms with E-state index in [-0.39, 0.29) is 6.71 Å². The highest BCUT2D eigenvalue weighted by Crippen LogP contribution is 2.37. The average molecular weight is 499 g/mol. The van der Waals surface area contributed by atoms with Crippen molar-refractivity contribution in [2.24, 2.45) is 0 Å². The zero-order chi connectivity index (χ0) is 25.8. The van der Waals surface area contributed by atoms with E-state index in [4.69, 9.17) is 9.47 Å². The van der Waals surface area contributed by atoms with Gasteiger partial charge in [0.05, 0.1) is 0 Å². The van der Waals surface area contributed by atoms with Crippen LogP contribution in [0.2, 0.25) is 0 Å². The first kappa shape index (κ1) is 21.9. The van der Waals surface area contributed by atoms with Crippen molar-refractivity contribution >= 4 is 23.1 Å². The molecule has 0 N–H and O–H groups in total. The topological polar surface area (TPSA) is 31.4 Å². The molecule has 182 valence electrons. The summed E-state index contributed by atoms with van der Waals surface area (Å²) in [6, 6.07) is 42.4. The van der Waals surface area contributed by atoms with Gasteiger partial charge in [-0.05, 0) is 80.7 Å². The number of nitrogens with zero attached hydrogens (tertiary/aromatic N) is 1. The lowest BCUT2D eigenvalue weighted by molar-refractivity contribution is 0.464. The van der Waals surface area contributed by atoms with Gasteiger partial charge >= 0.3 is 0 Å². The number of fused-ring (bicyclic) bond motifs is 4. The summed E-state index contributed by atoms with van der Waals surface area (Å²) in [5.41, 5.74) is 10.3. The molecule has 2 aliphatic heterocycles. The van der Waals surface area contributed by atoms with E-state index in [1.165, 1.54) is 11.1 Å². The van der Waals surface area contributed by atoms with E-state index in [1.807, 2.05) is 48.8 Å². The summed E-state index contributed by atoms with van der Waals surface area (Å²) < 4.78 is 13.0. The second kappa shape index (κ2) is 8.75. The Kier molecular flexibility index (Phi) is 4.92. The van der Waals surface area contributed by atoms with Gasteiger partial charge in [-0.2, -0.15) is 0 Å². The van der Waals surface area contributed by atoms with Gasteiger partial charge in [0.2, 0.25) is 0 Å². The van der Waals surface area contributed by atoms with Crippen molar-refractivity contribution in [3.8, 4) is 56.4 Å². The molecule has 0 aliphatic carbocycles. The van der Waals surface area contributed by atoms with Crippen LogP contribution in [0.1, 0.15) is 0 Å². The molecule has 8 rings (SSSR count). The van der Waals surface area contributed by atoms with Gasteiger partial charge in [0.1, 0.15) is 23.0 Å². The van der Waals surface area contributed by atoms with Crippen LogP contribution in [0.5, 0.6) is 23.0 Å². The molecule has 2 aliphatic rings. The van der Waals surface area contributed by atoms with Crippen LogP contribution in [-0.2, 0) is 0 Å². The Morgan fingerprint density at radius 1 is 0.410 bits per heavy atom. The first-order chi connectivity index (χ1) is 19.3. The van der Waals surface area contributed by atoms with Crippen molar-refractivity contribution in [2.75, 3.05) is 0 Å². The standard InChI is InChI=1S/C35H22BNO2/c1-2-5-23(6-3-1)27-13-15-29-33(21-27)38-31-7-4-8-32-35(31)36(29)30-16-14-28(22-34(30)39-32)25-11-9-24(10-12-25)26-17-19-37-20-18-26/h1-22H. The molecule has 0 saturated carbocycles. The molecule has 0 bridgehead atoms. The Morgan fingerprint density at radius 3 is 1.49 bits per heavy atom. The number of hydrogen-bond donors (Lipinski definition) is 0. The molecule has 0 atom stereocenters. The Morgan fingerprint density at radius 2 is 0.897 bits per heavy atom. The molecule has 6 aromatic rings. The third-order valence-electron chi connectivity index (χ3n) is 7.74. The summed E-state index contributed by atoms with van der Waals surface area (Å²) in [5, 5.41) is 0. The van der Waals surface area contributed by atoms with E-state index in [9.17, 15) is 0 Å². The Labute approximate surface area is 227 Å². The number of benzene rings is 5. The normalized spacial score (nSPS) is 12.5. The van der Waals surface area contributed by atoms with Crippen LogP contribution in [0.4, 0.5) is 0 Å². The molecule has 0 amide bonds. The van der Waals surface area contributed by atoms with Crippen molar-refractivity contribution in [3.63, 3.8) is 0 Å². The van der Waals surface area contributed by atoms with Crippen LogP contribution < -0.4 is 25.9 Å². The zero-order valence-corrected chi connectivity index (χ0v) is 21.0. The molecular formula is C35H22BNO2. The highest BCUT2D eigenvalue weighted by molar-refractivity contribution is 6.98. The number of hydrogen-bond acceptors (Lipinski definition) is 3. The van der Waals surface area contributed by atoms with Crippen LogP contribution in [0.25, 0.3) is 33.4 Å². The third-order valence-corrected chi connectivity index (χ3v) is 7.74. The monoisotopic (exact) mass is 499 g/mol. The molecule has 0 unspecified atom stereocenters. The van der Waals surface area contributed by atoms with E-state index < -0.39 is 0 Å². The predicted molar refractivity (Wildman–Crippen MR) is 158 cm³/mol. The van der Waals surface area contributed by atoms with Crippen LogP contribution in [0.15, 0.2) is 134 Å². The Hall–Kier alpha value is -5.09. The van der Waals surface area contributed by atoms with Gasteiger partial charge in [0.15, 0.2) is 0 Å². The number of aromatic nitrogens is 1. The first-order valence-corrected chi connectivity index (χ1v) is 13.1. The molecule has 4 heteroatoms. The maximum atomic E-state index is 6.50. The summed E-state index contributed by atoms with van der Waals surface area (Å²) >= 11 is 0. The summed E-state index contributed by atoms with van der Waals surface area (Å²) in [6.45, 7) is 0.0524. The molecular weight excluding hydrogens is 477 g/mol. The van der Waals surface area contributed by atoms with Crippen LogP contribution in [0, 0.1) is 0 Å².